The summed E-state index contributed by atoms with van der Waals surface area (Å²) in [4.78, 5) is 51.2. The van der Waals surface area contributed by atoms with E-state index < -0.39 is 60.0 Å². The van der Waals surface area contributed by atoms with Crippen molar-refractivity contribution < 1.29 is 65.5 Å². The van der Waals surface area contributed by atoms with Crippen molar-refractivity contribution in [3.63, 3.8) is 0 Å². The van der Waals surface area contributed by atoms with E-state index in [1.165, 1.54) is 12.1 Å². The molecule has 2 fully saturated rings. The molecule has 5 atom stereocenters. The molecule has 2 aromatic carbocycles. The number of ether oxygens (including phenoxy) is 7. The van der Waals surface area contributed by atoms with Gasteiger partial charge < -0.3 is 49.1 Å². The number of nitrogens with one attached hydrogen (secondary N) is 3. The van der Waals surface area contributed by atoms with Crippen LogP contribution in [0.3, 0.4) is 0 Å². The number of fused-ring (bicyclic) bond motifs is 1. The summed E-state index contributed by atoms with van der Waals surface area (Å²) in [6.07, 6.45) is -5.21. The molecule has 56 heavy (non-hydrogen) atoms. The molecule has 3 amide bonds. The summed E-state index contributed by atoms with van der Waals surface area (Å²) in [6.45, 7) is 5.70. The third-order valence-electron chi connectivity index (χ3n) is 9.46. The van der Waals surface area contributed by atoms with Crippen molar-refractivity contribution in [3.05, 3.63) is 59.2 Å². The minimum Gasteiger partial charge on any atom is -0.464 e. The van der Waals surface area contributed by atoms with Gasteiger partial charge >= 0.3 is 24.3 Å². The predicted molar refractivity (Wildman–Crippen MR) is 192 cm³/mol. The Hall–Kier alpha value is -4.77. The number of benzene rings is 2. The van der Waals surface area contributed by atoms with Gasteiger partial charge in [-0.3, -0.25) is 4.79 Å². The monoisotopic (exact) mass is 793 g/mol. The van der Waals surface area contributed by atoms with Crippen LogP contribution in [0.2, 0.25) is 0 Å². The zero-order chi connectivity index (χ0) is 40.3. The van der Waals surface area contributed by atoms with Crippen molar-refractivity contribution >= 4 is 24.1 Å². The molecule has 14 nitrogen and oxygen atoms in total. The molecule has 5 rings (SSSR count). The standard InChI is InChI=1S/C39H50F3N3O11/c1-4-50-35(47)31(15-24(2)3)45-34(46)13-11-28-18-30(54-37(49)44-21-26-10-12-32-33(17-26)53-23-52-32)19-38(55-28)14-6-9-29(56-38)22-51-36(48)43-20-25-7-5-8-27(16-25)39(40,41)42/h5,7-8,10,12,16-17,24,28-31H,4,6,9,11,13-15,18-23H2,1-3H3,(H,43,48)(H,44,49)(H,45,46)/t28?,29?,30?,31-,38?/m0/s1. The van der Waals surface area contributed by atoms with Crippen LogP contribution in [0.25, 0.3) is 0 Å². The lowest BCUT2D eigenvalue weighted by atomic mass is 9.90. The second-order valence-electron chi connectivity index (χ2n) is 14.5. The lowest BCUT2D eigenvalue weighted by Crippen LogP contribution is -2.54. The smallest absolute Gasteiger partial charge is 0.416 e. The summed E-state index contributed by atoms with van der Waals surface area (Å²) in [7, 11) is 0. The van der Waals surface area contributed by atoms with Crippen LogP contribution in [0.15, 0.2) is 42.5 Å². The van der Waals surface area contributed by atoms with E-state index in [0.717, 1.165) is 17.7 Å². The lowest BCUT2D eigenvalue weighted by molar-refractivity contribution is -0.329. The lowest BCUT2D eigenvalue weighted by Gasteiger charge is -2.47. The quantitative estimate of drug-likeness (QED) is 0.137. The number of amides is 3. The van der Waals surface area contributed by atoms with Crippen LogP contribution in [0, 0.1) is 5.92 Å². The van der Waals surface area contributed by atoms with Crippen molar-refractivity contribution in [2.24, 2.45) is 5.92 Å². The van der Waals surface area contributed by atoms with E-state index in [1.807, 2.05) is 13.8 Å². The SMILES string of the molecule is CCOC(=O)[C@H](CC(C)C)NC(=O)CCC1CC(OC(=O)NCc2ccc3c(c2)OCO3)CC2(CCCC(COC(=O)NCc3cccc(C(F)(F)F)c3)O2)O1. The topological polar surface area (TPSA) is 169 Å². The fourth-order valence-electron chi connectivity index (χ4n) is 6.92. The first-order chi connectivity index (χ1) is 26.7. The van der Waals surface area contributed by atoms with Crippen molar-refractivity contribution in [3.8, 4) is 11.5 Å². The van der Waals surface area contributed by atoms with Crippen LogP contribution in [0.5, 0.6) is 11.5 Å². The van der Waals surface area contributed by atoms with Crippen LogP contribution in [-0.4, -0.2) is 74.2 Å². The second-order valence-corrected chi connectivity index (χ2v) is 14.5. The number of carbonyl (C=O) groups excluding carboxylic acids is 4. The number of hydrogen-bond acceptors (Lipinski definition) is 11. The minimum atomic E-state index is -4.51. The molecule has 0 aromatic heterocycles. The van der Waals surface area contributed by atoms with E-state index in [9.17, 15) is 32.3 Å². The maximum atomic E-state index is 13.1. The van der Waals surface area contributed by atoms with Gasteiger partial charge in [0.2, 0.25) is 12.7 Å². The van der Waals surface area contributed by atoms with Gasteiger partial charge in [-0.2, -0.15) is 13.2 Å². The molecule has 308 valence electrons. The first-order valence-electron chi connectivity index (χ1n) is 18.9. The fraction of sp³-hybridized carbons (Fsp3) is 0.590. The Kier molecular flexibility index (Phi) is 14.7. The molecule has 17 heteroatoms. The van der Waals surface area contributed by atoms with E-state index in [0.29, 0.717) is 37.2 Å². The van der Waals surface area contributed by atoms with Crippen LogP contribution in [-0.2, 0) is 52.5 Å². The summed E-state index contributed by atoms with van der Waals surface area (Å²) in [5.74, 6) is -0.773. The van der Waals surface area contributed by atoms with Gasteiger partial charge in [0.1, 0.15) is 18.8 Å². The number of alkyl halides is 3. The molecule has 3 aliphatic rings. The molecule has 4 unspecified atom stereocenters. The molecule has 2 aromatic rings. The Labute approximate surface area is 323 Å². The van der Waals surface area contributed by atoms with Gasteiger partial charge in [0.15, 0.2) is 17.3 Å². The Morgan fingerprint density at radius 2 is 1.66 bits per heavy atom. The third-order valence-corrected chi connectivity index (χ3v) is 9.46. The Morgan fingerprint density at radius 3 is 2.41 bits per heavy atom. The number of rotatable bonds is 15. The van der Waals surface area contributed by atoms with Crippen LogP contribution in [0.4, 0.5) is 22.8 Å². The van der Waals surface area contributed by atoms with Gasteiger partial charge in [-0.05, 0) is 73.9 Å². The molecule has 3 aliphatic heterocycles. The van der Waals surface area contributed by atoms with Gasteiger partial charge in [-0.1, -0.05) is 32.0 Å². The average molecular weight is 794 g/mol. The van der Waals surface area contributed by atoms with Crippen molar-refractivity contribution in [1.29, 1.82) is 0 Å². The highest BCUT2D eigenvalue weighted by atomic mass is 19.4. The molecule has 3 heterocycles. The molecule has 0 aliphatic carbocycles. The van der Waals surface area contributed by atoms with E-state index in [1.54, 1.807) is 25.1 Å². The van der Waals surface area contributed by atoms with Gasteiger partial charge in [0.05, 0.1) is 24.4 Å². The van der Waals surface area contributed by atoms with Gasteiger partial charge in [-0.25, -0.2) is 14.4 Å². The summed E-state index contributed by atoms with van der Waals surface area (Å²) in [5.41, 5.74) is 0.200. The highest BCUT2D eigenvalue weighted by molar-refractivity contribution is 5.84. The highest BCUT2D eigenvalue weighted by Crippen LogP contribution is 2.41. The maximum Gasteiger partial charge on any atom is 0.416 e. The van der Waals surface area contributed by atoms with Crippen molar-refractivity contribution in [2.75, 3.05) is 20.0 Å². The van der Waals surface area contributed by atoms with Gasteiger partial charge in [-0.15, -0.1) is 0 Å². The van der Waals surface area contributed by atoms with E-state index in [2.05, 4.69) is 16.0 Å². The minimum absolute atomic E-state index is 0.0103. The maximum absolute atomic E-state index is 13.1. The van der Waals surface area contributed by atoms with Crippen LogP contribution in [0.1, 0.15) is 88.8 Å². The normalized spacial score (nSPS) is 22.2. The van der Waals surface area contributed by atoms with Crippen molar-refractivity contribution in [2.45, 2.75) is 122 Å². The molecule has 0 saturated carbocycles. The molecule has 0 radical (unpaired) electrons. The van der Waals surface area contributed by atoms with E-state index >= 15 is 0 Å². The number of esters is 1. The summed E-state index contributed by atoms with van der Waals surface area (Å²) < 4.78 is 79.4. The zero-order valence-electron chi connectivity index (χ0n) is 31.7. The van der Waals surface area contributed by atoms with E-state index in [4.69, 9.17) is 33.2 Å². The zero-order valence-corrected chi connectivity index (χ0v) is 31.7. The summed E-state index contributed by atoms with van der Waals surface area (Å²) in [6, 6.07) is 9.16. The summed E-state index contributed by atoms with van der Waals surface area (Å²) in [5, 5.41) is 8.01. The molecule has 1 spiro atoms. The Morgan fingerprint density at radius 1 is 0.929 bits per heavy atom. The number of carbonyl (C=O) groups is 4. The largest absolute Gasteiger partial charge is 0.464 e. The highest BCUT2D eigenvalue weighted by Gasteiger charge is 2.47. The van der Waals surface area contributed by atoms with Crippen LogP contribution >= 0.6 is 0 Å². The predicted octanol–water partition coefficient (Wildman–Crippen LogP) is 6.27. The van der Waals surface area contributed by atoms with E-state index in [-0.39, 0.29) is 76.2 Å². The van der Waals surface area contributed by atoms with Crippen molar-refractivity contribution in [1.82, 2.24) is 16.0 Å². The Balaban J connectivity index is 1.19. The third kappa shape index (κ3) is 12.6. The first kappa shape index (κ1) is 42.4. The van der Waals surface area contributed by atoms with Gasteiger partial charge in [0.25, 0.3) is 0 Å². The first-order valence-corrected chi connectivity index (χ1v) is 18.9. The number of hydrogen-bond donors (Lipinski definition) is 3. The van der Waals surface area contributed by atoms with Crippen LogP contribution < -0.4 is 25.4 Å². The average Bonchev–Trinajstić information content (AvgIpc) is 3.62. The molecule has 0 bridgehead atoms. The fourth-order valence-corrected chi connectivity index (χ4v) is 6.92. The molecular formula is C39H50F3N3O11. The molecule has 3 N–H and O–H groups in total. The van der Waals surface area contributed by atoms with Gasteiger partial charge in [0, 0.05) is 38.8 Å². The Bertz CT molecular complexity index is 1680. The second kappa shape index (κ2) is 19.4. The number of halogens is 3. The molecule has 2 saturated heterocycles. The summed E-state index contributed by atoms with van der Waals surface area (Å²) >= 11 is 0. The molecular weight excluding hydrogens is 743 g/mol. The number of alkyl carbamates (subject to hydrolysis) is 2.